The Morgan fingerprint density at radius 2 is 1.81 bits per heavy atom. The van der Waals surface area contributed by atoms with Gasteiger partial charge >= 0.3 is 0 Å². The predicted molar refractivity (Wildman–Crippen MR) is 68.7 cm³/mol. The van der Waals surface area contributed by atoms with E-state index < -0.39 is 0 Å². The Kier molecular flexibility index (Phi) is 5.50. The second-order valence-corrected chi connectivity index (χ2v) is 4.62. The minimum atomic E-state index is 0.151. The van der Waals surface area contributed by atoms with E-state index in [0.29, 0.717) is 5.92 Å². The monoisotopic (exact) mass is 221 g/mol. The maximum atomic E-state index is 5.44. The third-order valence-corrected chi connectivity index (χ3v) is 2.67. The molecule has 0 aliphatic carbocycles. The van der Waals surface area contributed by atoms with Crippen LogP contribution in [0.5, 0.6) is 0 Å². The van der Waals surface area contributed by atoms with Crippen molar-refractivity contribution in [3.05, 3.63) is 35.4 Å². The van der Waals surface area contributed by atoms with Gasteiger partial charge in [-0.15, -0.1) is 0 Å². The summed E-state index contributed by atoms with van der Waals surface area (Å²) in [6.07, 6.45) is 1.29. The zero-order chi connectivity index (χ0) is 12.0. The minimum absolute atomic E-state index is 0.151. The van der Waals surface area contributed by atoms with Crippen molar-refractivity contribution in [3.63, 3.8) is 0 Å². The van der Waals surface area contributed by atoms with Crippen molar-refractivity contribution < 1.29 is 4.74 Å². The average Bonchev–Trinajstić information content (AvgIpc) is 2.26. The largest absolute Gasteiger partial charge is 0.375 e. The molecule has 0 spiro atoms. The highest BCUT2D eigenvalue weighted by atomic mass is 16.5. The zero-order valence-corrected chi connectivity index (χ0v) is 10.8. The van der Waals surface area contributed by atoms with E-state index in [0.717, 1.165) is 13.0 Å². The summed E-state index contributed by atoms with van der Waals surface area (Å²) >= 11 is 0. The number of rotatable bonds is 6. The van der Waals surface area contributed by atoms with Crippen molar-refractivity contribution in [2.75, 3.05) is 20.7 Å². The number of likely N-dealkylation sites (N-methyl/N-ethyl adjacent to an activating group) is 1. The molecule has 0 bridgehead atoms. The second-order valence-electron chi connectivity index (χ2n) is 4.62. The molecule has 0 aliphatic rings. The van der Waals surface area contributed by atoms with Crippen LogP contribution >= 0.6 is 0 Å². The van der Waals surface area contributed by atoms with E-state index in [1.165, 1.54) is 11.1 Å². The molecule has 0 aliphatic heterocycles. The fourth-order valence-corrected chi connectivity index (χ4v) is 1.86. The lowest BCUT2D eigenvalue weighted by atomic mass is 10.0. The molecule has 1 aromatic carbocycles. The van der Waals surface area contributed by atoms with Crippen LogP contribution in [-0.4, -0.2) is 20.7 Å². The van der Waals surface area contributed by atoms with Crippen molar-refractivity contribution in [2.24, 2.45) is 5.92 Å². The fraction of sp³-hybridized carbons (Fsp3) is 0.571. The van der Waals surface area contributed by atoms with Gasteiger partial charge in [-0.05, 0) is 30.5 Å². The summed E-state index contributed by atoms with van der Waals surface area (Å²) in [5.41, 5.74) is 2.64. The van der Waals surface area contributed by atoms with Crippen LogP contribution in [0.2, 0.25) is 0 Å². The van der Waals surface area contributed by atoms with E-state index in [9.17, 15) is 0 Å². The molecule has 0 saturated carbocycles. The third kappa shape index (κ3) is 3.95. The maximum absolute atomic E-state index is 5.44. The molecular formula is C14H23NO. The van der Waals surface area contributed by atoms with Gasteiger partial charge in [0.15, 0.2) is 0 Å². The van der Waals surface area contributed by atoms with E-state index in [4.69, 9.17) is 4.74 Å². The Bertz CT molecular complexity index is 292. The predicted octanol–water partition coefficient (Wildman–Crippen LogP) is 2.79. The average molecular weight is 221 g/mol. The van der Waals surface area contributed by atoms with Gasteiger partial charge in [-0.25, -0.2) is 0 Å². The molecule has 0 fully saturated rings. The topological polar surface area (TPSA) is 21.3 Å². The van der Waals surface area contributed by atoms with Crippen LogP contribution in [0.4, 0.5) is 0 Å². The smallest absolute Gasteiger partial charge is 0.0945 e. The van der Waals surface area contributed by atoms with Gasteiger partial charge in [0, 0.05) is 13.7 Å². The van der Waals surface area contributed by atoms with Crippen molar-refractivity contribution in [2.45, 2.75) is 26.4 Å². The first-order valence-electron chi connectivity index (χ1n) is 5.93. The molecule has 1 N–H and O–H groups in total. The van der Waals surface area contributed by atoms with E-state index >= 15 is 0 Å². The Morgan fingerprint density at radius 1 is 1.19 bits per heavy atom. The Balaban J connectivity index is 2.69. The number of methoxy groups -OCH3 is 1. The molecule has 0 radical (unpaired) electrons. The van der Waals surface area contributed by atoms with Crippen molar-refractivity contribution in [3.8, 4) is 0 Å². The molecule has 1 rings (SSSR count). The van der Waals surface area contributed by atoms with Crippen LogP contribution in [0, 0.1) is 5.92 Å². The van der Waals surface area contributed by atoms with Gasteiger partial charge in [0.05, 0.1) is 6.10 Å². The highest BCUT2D eigenvalue weighted by Crippen LogP contribution is 2.17. The number of ether oxygens (including phenoxy) is 1. The quantitative estimate of drug-likeness (QED) is 0.797. The van der Waals surface area contributed by atoms with E-state index in [1.54, 1.807) is 7.11 Å². The highest BCUT2D eigenvalue weighted by molar-refractivity contribution is 5.24. The summed E-state index contributed by atoms with van der Waals surface area (Å²) in [5.74, 6) is 0.710. The second kappa shape index (κ2) is 6.66. The van der Waals surface area contributed by atoms with Crippen LogP contribution in [0.3, 0.4) is 0 Å². The number of hydrogen-bond acceptors (Lipinski definition) is 2. The van der Waals surface area contributed by atoms with Crippen molar-refractivity contribution >= 4 is 0 Å². The number of benzene rings is 1. The van der Waals surface area contributed by atoms with Crippen LogP contribution in [0.15, 0.2) is 24.3 Å². The van der Waals surface area contributed by atoms with Gasteiger partial charge in [-0.3, -0.25) is 0 Å². The molecule has 0 amide bonds. The first-order valence-corrected chi connectivity index (χ1v) is 5.93. The Hall–Kier alpha value is -0.860. The van der Waals surface area contributed by atoms with Crippen molar-refractivity contribution in [1.29, 1.82) is 0 Å². The maximum Gasteiger partial charge on any atom is 0.0945 e. The summed E-state index contributed by atoms with van der Waals surface area (Å²) in [6, 6.07) is 8.75. The van der Waals surface area contributed by atoms with Crippen molar-refractivity contribution in [1.82, 2.24) is 5.32 Å². The van der Waals surface area contributed by atoms with Crippen LogP contribution in [0.1, 0.15) is 31.1 Å². The SMILES string of the molecule is CNCC(OC)c1ccc(CC(C)C)cc1. The molecule has 2 heteroatoms. The van der Waals surface area contributed by atoms with E-state index in [2.05, 4.69) is 43.4 Å². The standard InChI is InChI=1S/C14H23NO/c1-11(2)9-12-5-7-13(8-6-12)14(16-4)10-15-3/h5-8,11,14-15H,9-10H2,1-4H3. The molecule has 1 aromatic rings. The Morgan fingerprint density at radius 3 is 2.25 bits per heavy atom. The van der Waals surface area contributed by atoms with E-state index in [1.807, 2.05) is 7.05 Å². The summed E-state index contributed by atoms with van der Waals surface area (Å²) < 4.78 is 5.44. The number of nitrogens with one attached hydrogen (secondary N) is 1. The lowest BCUT2D eigenvalue weighted by Gasteiger charge is -2.15. The lowest BCUT2D eigenvalue weighted by molar-refractivity contribution is 0.104. The molecule has 1 unspecified atom stereocenters. The van der Waals surface area contributed by atoms with Gasteiger partial charge < -0.3 is 10.1 Å². The molecule has 16 heavy (non-hydrogen) atoms. The molecule has 2 nitrogen and oxygen atoms in total. The summed E-state index contributed by atoms with van der Waals surface area (Å²) in [5, 5.41) is 3.14. The van der Waals surface area contributed by atoms with Gasteiger partial charge in [-0.1, -0.05) is 38.1 Å². The molecule has 0 heterocycles. The van der Waals surface area contributed by atoms with E-state index in [-0.39, 0.29) is 6.10 Å². The summed E-state index contributed by atoms with van der Waals surface area (Å²) in [4.78, 5) is 0. The molecule has 90 valence electrons. The third-order valence-electron chi connectivity index (χ3n) is 2.67. The van der Waals surface area contributed by atoms with Gasteiger partial charge in [-0.2, -0.15) is 0 Å². The first kappa shape index (κ1) is 13.2. The molecule has 1 atom stereocenters. The summed E-state index contributed by atoms with van der Waals surface area (Å²) in [7, 11) is 3.70. The highest BCUT2D eigenvalue weighted by Gasteiger charge is 2.08. The molecule has 0 aromatic heterocycles. The minimum Gasteiger partial charge on any atom is -0.375 e. The normalized spacial score (nSPS) is 13.1. The first-order chi connectivity index (χ1) is 7.67. The fourth-order valence-electron chi connectivity index (χ4n) is 1.86. The van der Waals surface area contributed by atoms with Crippen LogP contribution in [0.25, 0.3) is 0 Å². The molecular weight excluding hydrogens is 198 g/mol. The van der Waals surface area contributed by atoms with Gasteiger partial charge in [0.2, 0.25) is 0 Å². The number of hydrogen-bond donors (Lipinski definition) is 1. The molecule has 0 saturated heterocycles. The summed E-state index contributed by atoms with van der Waals surface area (Å²) in [6.45, 7) is 5.33. The Labute approximate surface area is 99.0 Å². The van der Waals surface area contributed by atoms with Crippen LogP contribution in [-0.2, 0) is 11.2 Å². The van der Waals surface area contributed by atoms with Gasteiger partial charge in [0.25, 0.3) is 0 Å². The van der Waals surface area contributed by atoms with Gasteiger partial charge in [0.1, 0.15) is 0 Å². The van der Waals surface area contributed by atoms with Crippen LogP contribution < -0.4 is 5.32 Å². The lowest BCUT2D eigenvalue weighted by Crippen LogP contribution is -2.18. The zero-order valence-electron chi connectivity index (χ0n) is 10.8.